The third kappa shape index (κ3) is 2.07. The predicted molar refractivity (Wildman–Crippen MR) is 73.1 cm³/mol. The average Bonchev–Trinajstić information content (AvgIpc) is 3.00. The minimum absolute atomic E-state index is 0.771. The third-order valence-electron chi connectivity index (χ3n) is 2.35. The van der Waals surface area contributed by atoms with Crippen molar-refractivity contribution in [2.24, 2.45) is 0 Å². The van der Waals surface area contributed by atoms with E-state index >= 15 is 0 Å². The smallest absolute Gasteiger partial charge is 0.124 e. The second-order valence-corrected chi connectivity index (χ2v) is 5.27. The molecule has 1 aromatic carbocycles. The number of rotatable bonds is 2. The van der Waals surface area contributed by atoms with Crippen LogP contribution < -0.4 is 5.73 Å². The zero-order chi connectivity index (χ0) is 11.7. The van der Waals surface area contributed by atoms with Crippen LogP contribution in [0.4, 0.5) is 5.69 Å². The van der Waals surface area contributed by atoms with Gasteiger partial charge in [0, 0.05) is 22.8 Å². The van der Waals surface area contributed by atoms with Crippen LogP contribution in [0.25, 0.3) is 21.1 Å². The highest BCUT2D eigenvalue weighted by Gasteiger charge is 2.07. The molecule has 0 aliphatic carbocycles. The molecule has 3 nitrogen and oxygen atoms in total. The number of nitrogens with two attached hydrogens (primary N) is 1. The Balaban J connectivity index is 1.98. The van der Waals surface area contributed by atoms with Crippen LogP contribution in [0.2, 0.25) is 0 Å². The molecule has 0 radical (unpaired) electrons. The monoisotopic (exact) mass is 259 g/mol. The van der Waals surface area contributed by atoms with Crippen molar-refractivity contribution in [2.75, 3.05) is 5.73 Å². The quantitative estimate of drug-likeness (QED) is 0.716. The molecule has 84 valence electrons. The van der Waals surface area contributed by atoms with Crippen molar-refractivity contribution in [2.45, 2.75) is 0 Å². The highest BCUT2D eigenvalue weighted by atomic mass is 32.1. The number of aromatic nitrogens is 2. The lowest BCUT2D eigenvalue weighted by Gasteiger charge is -1.96. The van der Waals surface area contributed by atoms with Crippen LogP contribution in [0.5, 0.6) is 0 Å². The van der Waals surface area contributed by atoms with E-state index in [1.54, 1.807) is 22.7 Å². The van der Waals surface area contributed by atoms with Crippen molar-refractivity contribution in [3.8, 4) is 21.1 Å². The van der Waals surface area contributed by atoms with Gasteiger partial charge in [0.15, 0.2) is 0 Å². The van der Waals surface area contributed by atoms with E-state index in [-0.39, 0.29) is 0 Å². The highest BCUT2D eigenvalue weighted by Crippen LogP contribution is 2.30. The van der Waals surface area contributed by atoms with E-state index < -0.39 is 0 Å². The average molecular weight is 259 g/mol. The largest absolute Gasteiger partial charge is 0.399 e. The van der Waals surface area contributed by atoms with Gasteiger partial charge in [-0.2, -0.15) is 0 Å². The Morgan fingerprint density at radius 3 is 2.59 bits per heavy atom. The van der Waals surface area contributed by atoms with Crippen LogP contribution in [0.1, 0.15) is 0 Å². The van der Waals surface area contributed by atoms with Gasteiger partial charge in [-0.05, 0) is 24.3 Å². The van der Waals surface area contributed by atoms with Crippen LogP contribution in [0.15, 0.2) is 41.4 Å². The van der Waals surface area contributed by atoms with Crippen LogP contribution in [-0.4, -0.2) is 9.97 Å². The van der Waals surface area contributed by atoms with Crippen LogP contribution >= 0.6 is 22.7 Å². The van der Waals surface area contributed by atoms with Crippen molar-refractivity contribution in [1.82, 2.24) is 9.97 Å². The van der Waals surface area contributed by atoms with Crippen LogP contribution in [0, 0.1) is 0 Å². The Morgan fingerprint density at radius 2 is 1.88 bits per heavy atom. The maximum atomic E-state index is 5.66. The van der Waals surface area contributed by atoms with E-state index in [4.69, 9.17) is 5.73 Å². The Bertz CT molecular complexity index is 612. The van der Waals surface area contributed by atoms with Gasteiger partial charge in [-0.15, -0.1) is 22.7 Å². The van der Waals surface area contributed by atoms with Crippen molar-refractivity contribution >= 4 is 28.4 Å². The molecule has 0 atom stereocenters. The summed E-state index contributed by atoms with van der Waals surface area (Å²) in [5.41, 5.74) is 10.3. The van der Waals surface area contributed by atoms with Gasteiger partial charge in [0.1, 0.15) is 5.01 Å². The summed E-state index contributed by atoms with van der Waals surface area (Å²) in [5, 5.41) is 3.06. The van der Waals surface area contributed by atoms with E-state index in [0.29, 0.717) is 0 Å². The number of hydrogen-bond acceptors (Lipinski definition) is 5. The SMILES string of the molecule is Nc1ccc(-c2nc(-c3cncs3)cs2)cc1. The molecule has 0 saturated heterocycles. The Kier molecular flexibility index (Phi) is 2.62. The fourth-order valence-electron chi connectivity index (χ4n) is 1.49. The molecule has 0 aliphatic heterocycles. The minimum Gasteiger partial charge on any atom is -0.399 e. The zero-order valence-corrected chi connectivity index (χ0v) is 10.5. The molecule has 0 unspecified atom stereocenters. The summed E-state index contributed by atoms with van der Waals surface area (Å²) >= 11 is 3.23. The molecule has 2 heterocycles. The first-order chi connectivity index (χ1) is 8.33. The number of anilines is 1. The standard InChI is InChI=1S/C12H9N3S2/c13-9-3-1-8(2-4-9)12-15-10(6-16-12)11-5-14-7-17-11/h1-7H,13H2. The summed E-state index contributed by atoms with van der Waals surface area (Å²) < 4.78 is 0. The minimum atomic E-state index is 0.771. The fourth-order valence-corrected chi connectivity index (χ4v) is 2.97. The molecule has 0 amide bonds. The van der Waals surface area contributed by atoms with Gasteiger partial charge >= 0.3 is 0 Å². The molecule has 3 aromatic rings. The van der Waals surface area contributed by atoms with Gasteiger partial charge in [0.25, 0.3) is 0 Å². The predicted octanol–water partition coefficient (Wildman–Crippen LogP) is 3.52. The lowest BCUT2D eigenvalue weighted by molar-refractivity contribution is 1.38. The Hall–Kier alpha value is -1.72. The van der Waals surface area contributed by atoms with Gasteiger partial charge in [-0.3, -0.25) is 4.98 Å². The molecule has 2 N–H and O–H groups in total. The summed E-state index contributed by atoms with van der Waals surface area (Å²) in [6, 6.07) is 7.77. The summed E-state index contributed by atoms with van der Waals surface area (Å²) in [7, 11) is 0. The Morgan fingerprint density at radius 1 is 1.06 bits per heavy atom. The molecule has 0 aliphatic rings. The number of thiazole rings is 2. The van der Waals surface area contributed by atoms with Gasteiger partial charge in [-0.1, -0.05) is 0 Å². The van der Waals surface area contributed by atoms with E-state index in [2.05, 4.69) is 15.3 Å². The molecule has 5 heteroatoms. The van der Waals surface area contributed by atoms with Gasteiger partial charge in [0.2, 0.25) is 0 Å². The lowest BCUT2D eigenvalue weighted by Crippen LogP contribution is -1.83. The molecule has 3 rings (SSSR count). The molecule has 17 heavy (non-hydrogen) atoms. The highest BCUT2D eigenvalue weighted by molar-refractivity contribution is 7.15. The van der Waals surface area contributed by atoms with Crippen molar-refractivity contribution in [3.05, 3.63) is 41.4 Å². The van der Waals surface area contributed by atoms with E-state index in [9.17, 15) is 0 Å². The van der Waals surface area contributed by atoms with E-state index in [1.165, 1.54) is 0 Å². The Labute approximate surface area is 107 Å². The van der Waals surface area contributed by atoms with Crippen molar-refractivity contribution < 1.29 is 0 Å². The normalized spacial score (nSPS) is 10.6. The molecule has 2 aromatic heterocycles. The van der Waals surface area contributed by atoms with Gasteiger partial charge < -0.3 is 5.73 Å². The lowest BCUT2D eigenvalue weighted by atomic mass is 10.2. The van der Waals surface area contributed by atoms with Crippen molar-refractivity contribution in [3.63, 3.8) is 0 Å². The third-order valence-corrected chi connectivity index (χ3v) is 4.03. The summed E-state index contributed by atoms with van der Waals surface area (Å²) in [6.45, 7) is 0. The summed E-state index contributed by atoms with van der Waals surface area (Å²) in [5.74, 6) is 0. The van der Waals surface area contributed by atoms with E-state index in [0.717, 1.165) is 26.8 Å². The molecular formula is C12H9N3S2. The van der Waals surface area contributed by atoms with Crippen molar-refractivity contribution in [1.29, 1.82) is 0 Å². The molecule has 0 fully saturated rings. The number of hydrogen-bond donors (Lipinski definition) is 1. The first-order valence-electron chi connectivity index (χ1n) is 5.03. The maximum Gasteiger partial charge on any atom is 0.124 e. The van der Waals surface area contributed by atoms with E-state index in [1.807, 2.05) is 36.0 Å². The second-order valence-electron chi connectivity index (χ2n) is 3.53. The van der Waals surface area contributed by atoms with Gasteiger partial charge in [-0.25, -0.2) is 4.98 Å². The second kappa shape index (κ2) is 4.27. The molecule has 0 saturated carbocycles. The van der Waals surface area contributed by atoms with Crippen LogP contribution in [0.3, 0.4) is 0 Å². The zero-order valence-electron chi connectivity index (χ0n) is 8.83. The summed E-state index contributed by atoms with van der Waals surface area (Å²) in [6.07, 6.45) is 1.84. The molecular weight excluding hydrogens is 250 g/mol. The van der Waals surface area contributed by atoms with Gasteiger partial charge in [0.05, 0.1) is 16.1 Å². The maximum absolute atomic E-state index is 5.66. The molecule has 0 bridgehead atoms. The first-order valence-corrected chi connectivity index (χ1v) is 6.79. The fraction of sp³-hybridized carbons (Fsp3) is 0. The molecule has 0 spiro atoms. The number of nitrogens with zero attached hydrogens (tertiary/aromatic N) is 2. The number of nitrogen functional groups attached to an aromatic ring is 1. The van der Waals surface area contributed by atoms with Crippen LogP contribution in [-0.2, 0) is 0 Å². The number of benzene rings is 1. The first kappa shape index (κ1) is 10.4. The topological polar surface area (TPSA) is 51.8 Å². The summed E-state index contributed by atoms with van der Waals surface area (Å²) in [4.78, 5) is 9.76.